The predicted octanol–water partition coefficient (Wildman–Crippen LogP) is 7.69. The molecular weight excluding hydrogens is 435 g/mol. The Morgan fingerprint density at radius 1 is 0.559 bits per heavy atom. The van der Waals surface area contributed by atoms with Crippen molar-refractivity contribution in [2.75, 3.05) is 0 Å². The van der Waals surface area contributed by atoms with Gasteiger partial charge in [-0.2, -0.15) is 0 Å². The molecule has 0 N–H and O–H groups in total. The lowest BCUT2D eigenvalue weighted by Gasteiger charge is -2.32. The number of rotatable bonds is 3. The SMILES string of the molecule is CC1(C)OB(c2cc(-c3ccccc3)cc(-c3ccc4c(c3)sc3ccccc34)c2)OC1(C)C. The maximum Gasteiger partial charge on any atom is 0.494 e. The Kier molecular flexibility index (Phi) is 4.96. The van der Waals surface area contributed by atoms with Gasteiger partial charge < -0.3 is 9.31 Å². The fraction of sp³-hybridized carbons (Fsp3) is 0.200. The van der Waals surface area contributed by atoms with Gasteiger partial charge in [0.25, 0.3) is 0 Å². The molecule has 6 rings (SSSR count). The standard InChI is InChI=1S/C30H27BO2S/c1-29(2)30(3,4)33-31(32-29)24-17-22(20-10-6-5-7-11-20)16-23(18-24)21-14-15-26-25-12-8-9-13-27(25)34-28(26)19-21/h5-19H,1-4H3. The Morgan fingerprint density at radius 2 is 1.18 bits per heavy atom. The van der Waals surface area contributed by atoms with E-state index in [1.807, 2.05) is 11.3 Å². The Hall–Kier alpha value is -2.92. The second kappa shape index (κ2) is 7.81. The highest BCUT2D eigenvalue weighted by molar-refractivity contribution is 7.25. The van der Waals surface area contributed by atoms with Gasteiger partial charge in [0.15, 0.2) is 0 Å². The Labute approximate surface area is 205 Å². The van der Waals surface area contributed by atoms with Crippen LogP contribution >= 0.6 is 11.3 Å². The highest BCUT2D eigenvalue weighted by Gasteiger charge is 2.51. The molecule has 1 saturated heterocycles. The summed E-state index contributed by atoms with van der Waals surface area (Å²) in [7, 11) is -0.402. The molecule has 1 aliphatic heterocycles. The topological polar surface area (TPSA) is 18.5 Å². The third kappa shape index (κ3) is 3.58. The van der Waals surface area contributed by atoms with Crippen molar-refractivity contribution in [3.8, 4) is 22.3 Å². The van der Waals surface area contributed by atoms with Gasteiger partial charge in [-0.25, -0.2) is 0 Å². The monoisotopic (exact) mass is 462 g/mol. The summed E-state index contributed by atoms with van der Waals surface area (Å²) in [5, 5.41) is 2.64. The van der Waals surface area contributed by atoms with Crippen molar-refractivity contribution >= 4 is 44.1 Å². The molecule has 0 saturated carbocycles. The minimum absolute atomic E-state index is 0.378. The van der Waals surface area contributed by atoms with E-state index >= 15 is 0 Å². The molecule has 0 radical (unpaired) electrons. The lowest BCUT2D eigenvalue weighted by atomic mass is 9.76. The molecule has 0 amide bonds. The largest absolute Gasteiger partial charge is 0.494 e. The summed E-state index contributed by atoms with van der Waals surface area (Å²) in [4.78, 5) is 0. The van der Waals surface area contributed by atoms with Gasteiger partial charge in [-0.05, 0) is 73.6 Å². The lowest BCUT2D eigenvalue weighted by molar-refractivity contribution is 0.00578. The molecule has 0 bridgehead atoms. The molecular formula is C30H27BO2S. The van der Waals surface area contributed by atoms with Crippen LogP contribution in [0.15, 0.2) is 91.0 Å². The summed E-state index contributed by atoms with van der Waals surface area (Å²) in [5.74, 6) is 0. The van der Waals surface area contributed by atoms with Crippen molar-refractivity contribution in [1.29, 1.82) is 0 Å². The van der Waals surface area contributed by atoms with Crippen molar-refractivity contribution in [3.63, 3.8) is 0 Å². The van der Waals surface area contributed by atoms with E-state index in [-0.39, 0.29) is 11.2 Å². The van der Waals surface area contributed by atoms with Crippen molar-refractivity contribution in [2.24, 2.45) is 0 Å². The van der Waals surface area contributed by atoms with Gasteiger partial charge in [0.1, 0.15) is 0 Å². The Morgan fingerprint density at radius 3 is 1.91 bits per heavy atom. The maximum absolute atomic E-state index is 6.42. The first-order valence-electron chi connectivity index (χ1n) is 11.8. The van der Waals surface area contributed by atoms with Crippen molar-refractivity contribution in [3.05, 3.63) is 91.0 Å². The molecule has 0 spiro atoms. The fourth-order valence-electron chi connectivity index (χ4n) is 4.64. The summed E-state index contributed by atoms with van der Waals surface area (Å²) in [6, 6.07) is 32.7. The van der Waals surface area contributed by atoms with Crippen molar-refractivity contribution in [2.45, 2.75) is 38.9 Å². The molecule has 168 valence electrons. The number of hydrogen-bond donors (Lipinski definition) is 0. The predicted molar refractivity (Wildman–Crippen MR) is 146 cm³/mol. The first-order valence-corrected chi connectivity index (χ1v) is 12.6. The van der Waals surface area contributed by atoms with Gasteiger partial charge in [-0.15, -0.1) is 11.3 Å². The number of hydrogen-bond acceptors (Lipinski definition) is 3. The van der Waals surface area contributed by atoms with Crippen LogP contribution < -0.4 is 5.46 Å². The van der Waals surface area contributed by atoms with Crippen LogP contribution in [0.25, 0.3) is 42.4 Å². The van der Waals surface area contributed by atoms with E-state index in [1.165, 1.54) is 42.4 Å². The van der Waals surface area contributed by atoms with Gasteiger partial charge in [-0.1, -0.05) is 72.8 Å². The van der Waals surface area contributed by atoms with Crippen molar-refractivity contribution < 1.29 is 9.31 Å². The van der Waals surface area contributed by atoms with Gasteiger partial charge in [0.2, 0.25) is 0 Å². The Bertz CT molecular complexity index is 1500. The summed E-state index contributed by atoms with van der Waals surface area (Å²) in [6.45, 7) is 8.41. The summed E-state index contributed by atoms with van der Waals surface area (Å²) in [5.41, 5.74) is 5.02. The second-order valence-electron chi connectivity index (χ2n) is 10.1. The summed E-state index contributed by atoms with van der Waals surface area (Å²) in [6.07, 6.45) is 0. The smallest absolute Gasteiger partial charge is 0.399 e. The van der Waals surface area contributed by atoms with Crippen LogP contribution in [0, 0.1) is 0 Å². The molecule has 1 fully saturated rings. The third-order valence-electron chi connectivity index (χ3n) is 7.30. The minimum Gasteiger partial charge on any atom is -0.399 e. The molecule has 0 atom stereocenters. The summed E-state index contributed by atoms with van der Waals surface area (Å²) < 4.78 is 15.5. The molecule has 5 aromatic rings. The number of fused-ring (bicyclic) bond motifs is 3. The quantitative estimate of drug-likeness (QED) is 0.256. The van der Waals surface area contributed by atoms with Gasteiger partial charge in [-0.3, -0.25) is 0 Å². The fourth-order valence-corrected chi connectivity index (χ4v) is 5.78. The van der Waals surface area contributed by atoms with Crippen LogP contribution in [0.2, 0.25) is 0 Å². The maximum atomic E-state index is 6.42. The van der Waals surface area contributed by atoms with Gasteiger partial charge >= 0.3 is 7.12 Å². The molecule has 2 heterocycles. The van der Waals surface area contributed by atoms with E-state index in [0.29, 0.717) is 0 Å². The van der Waals surface area contributed by atoms with E-state index in [2.05, 4.69) is 119 Å². The lowest BCUT2D eigenvalue weighted by Crippen LogP contribution is -2.41. The third-order valence-corrected chi connectivity index (χ3v) is 8.43. The van der Waals surface area contributed by atoms with Crippen LogP contribution in [-0.2, 0) is 9.31 Å². The minimum atomic E-state index is -0.402. The van der Waals surface area contributed by atoms with Crippen LogP contribution in [-0.4, -0.2) is 18.3 Å². The van der Waals surface area contributed by atoms with E-state index in [4.69, 9.17) is 9.31 Å². The second-order valence-corrected chi connectivity index (χ2v) is 11.2. The zero-order valence-electron chi connectivity index (χ0n) is 20.0. The normalized spacial score (nSPS) is 17.0. The molecule has 4 aromatic carbocycles. The van der Waals surface area contributed by atoms with E-state index < -0.39 is 7.12 Å². The molecule has 2 nitrogen and oxygen atoms in total. The van der Waals surface area contributed by atoms with E-state index in [1.54, 1.807) is 0 Å². The summed E-state index contributed by atoms with van der Waals surface area (Å²) >= 11 is 1.85. The van der Waals surface area contributed by atoms with Crippen molar-refractivity contribution in [1.82, 2.24) is 0 Å². The van der Waals surface area contributed by atoms with Crippen LogP contribution in [0.3, 0.4) is 0 Å². The molecule has 1 aromatic heterocycles. The first-order chi connectivity index (χ1) is 16.3. The average molecular weight is 462 g/mol. The number of thiophene rings is 1. The van der Waals surface area contributed by atoms with Gasteiger partial charge in [0, 0.05) is 20.2 Å². The number of benzene rings is 4. The van der Waals surface area contributed by atoms with Crippen LogP contribution in [0.5, 0.6) is 0 Å². The molecule has 1 aliphatic rings. The zero-order chi connectivity index (χ0) is 23.5. The van der Waals surface area contributed by atoms with E-state index in [9.17, 15) is 0 Å². The Balaban J connectivity index is 1.50. The molecule has 4 heteroatoms. The van der Waals surface area contributed by atoms with E-state index in [0.717, 1.165) is 5.46 Å². The highest BCUT2D eigenvalue weighted by atomic mass is 32.1. The average Bonchev–Trinajstić information content (AvgIpc) is 3.31. The first kappa shape index (κ1) is 21.6. The van der Waals surface area contributed by atoms with Crippen LogP contribution in [0.1, 0.15) is 27.7 Å². The molecule has 0 unspecified atom stereocenters. The van der Waals surface area contributed by atoms with Crippen LogP contribution in [0.4, 0.5) is 0 Å². The highest BCUT2D eigenvalue weighted by Crippen LogP contribution is 2.39. The molecule has 34 heavy (non-hydrogen) atoms. The van der Waals surface area contributed by atoms with Gasteiger partial charge in [0.05, 0.1) is 11.2 Å². The molecule has 0 aliphatic carbocycles. The zero-order valence-corrected chi connectivity index (χ0v) is 20.8.